The molecule has 0 radical (unpaired) electrons. The van der Waals surface area contributed by atoms with E-state index in [1.165, 1.54) is 0 Å². The van der Waals surface area contributed by atoms with Gasteiger partial charge >= 0.3 is 5.97 Å². The number of carbonyl (C=O) groups is 1. The summed E-state index contributed by atoms with van der Waals surface area (Å²) in [6.07, 6.45) is 8.05. The number of aromatic carboxylic acids is 1. The zero-order valence-electron chi connectivity index (χ0n) is 11.5. The lowest BCUT2D eigenvalue weighted by molar-refractivity contribution is 0.0670. The molecule has 0 spiro atoms. The molecular formula is C14H21N3O3. The van der Waals surface area contributed by atoms with Gasteiger partial charge in [0.15, 0.2) is 11.4 Å². The molecule has 20 heavy (non-hydrogen) atoms. The van der Waals surface area contributed by atoms with Gasteiger partial charge in [-0.1, -0.05) is 0 Å². The molecular weight excluding hydrogens is 258 g/mol. The molecule has 1 atom stereocenters. The Morgan fingerprint density at radius 3 is 2.80 bits per heavy atom. The summed E-state index contributed by atoms with van der Waals surface area (Å²) in [6, 6.07) is 0.107. The Labute approximate surface area is 118 Å². The lowest BCUT2D eigenvalue weighted by Gasteiger charge is -2.24. The Morgan fingerprint density at radius 1 is 1.35 bits per heavy atom. The Bertz CT molecular complexity index is 474. The van der Waals surface area contributed by atoms with Gasteiger partial charge in [-0.2, -0.15) is 5.10 Å². The summed E-state index contributed by atoms with van der Waals surface area (Å²) in [5.74, 6) is -0.531. The van der Waals surface area contributed by atoms with Crippen molar-refractivity contribution in [2.24, 2.45) is 0 Å². The first-order chi connectivity index (χ1) is 9.75. The molecule has 1 aliphatic carbocycles. The Hall–Kier alpha value is -1.56. The maximum absolute atomic E-state index is 11.6. The van der Waals surface area contributed by atoms with Crippen molar-refractivity contribution in [3.63, 3.8) is 0 Å². The van der Waals surface area contributed by atoms with Crippen LogP contribution in [0.25, 0.3) is 0 Å². The third-order valence-electron chi connectivity index (χ3n) is 4.18. The predicted octanol–water partition coefficient (Wildman–Crippen LogP) is 1.83. The number of hydrogen-bond donors (Lipinski definition) is 2. The summed E-state index contributed by atoms with van der Waals surface area (Å²) in [6.45, 7) is 1.76. The molecule has 2 aliphatic rings. The lowest BCUT2D eigenvalue weighted by Crippen LogP contribution is -2.33. The van der Waals surface area contributed by atoms with Crippen LogP contribution in [-0.4, -0.2) is 40.0 Å². The Balaban J connectivity index is 1.82. The summed E-state index contributed by atoms with van der Waals surface area (Å²) in [4.78, 5) is 11.6. The van der Waals surface area contributed by atoms with E-state index in [0.29, 0.717) is 5.75 Å². The smallest absolute Gasteiger partial charge is 0.358 e. The molecule has 1 aliphatic heterocycles. The van der Waals surface area contributed by atoms with Crippen LogP contribution >= 0.6 is 0 Å². The molecule has 2 fully saturated rings. The number of aromatic nitrogens is 2. The van der Waals surface area contributed by atoms with Gasteiger partial charge in [-0.3, -0.25) is 4.68 Å². The fraction of sp³-hybridized carbons (Fsp3) is 0.714. The molecule has 110 valence electrons. The van der Waals surface area contributed by atoms with E-state index in [1.54, 1.807) is 10.9 Å². The standard InChI is InChI=1S/C14H21N3O3/c18-14(19)13-12(20-11-5-1-2-6-11)9-16-17(13)10-4-3-7-15-8-10/h9-11,15H,1-8H2,(H,18,19). The van der Waals surface area contributed by atoms with Crippen molar-refractivity contribution in [1.29, 1.82) is 0 Å². The molecule has 6 heteroatoms. The van der Waals surface area contributed by atoms with Crippen LogP contribution in [0.2, 0.25) is 0 Å². The minimum atomic E-state index is -0.957. The van der Waals surface area contributed by atoms with Crippen LogP contribution in [0, 0.1) is 0 Å². The topological polar surface area (TPSA) is 76.4 Å². The van der Waals surface area contributed by atoms with Crippen molar-refractivity contribution in [2.45, 2.75) is 50.7 Å². The number of ether oxygens (including phenoxy) is 1. The highest BCUT2D eigenvalue weighted by molar-refractivity contribution is 5.88. The second-order valence-electron chi connectivity index (χ2n) is 5.63. The molecule has 0 bridgehead atoms. The van der Waals surface area contributed by atoms with Crippen LogP contribution < -0.4 is 10.1 Å². The molecule has 3 rings (SSSR count). The van der Waals surface area contributed by atoms with Crippen LogP contribution in [0.15, 0.2) is 6.20 Å². The van der Waals surface area contributed by atoms with E-state index >= 15 is 0 Å². The SMILES string of the molecule is O=C(O)c1c(OC2CCCC2)cnn1C1CCCNC1. The minimum absolute atomic E-state index is 0.107. The summed E-state index contributed by atoms with van der Waals surface area (Å²) < 4.78 is 7.48. The average Bonchev–Trinajstić information content (AvgIpc) is 3.09. The molecule has 1 aromatic heterocycles. The van der Waals surface area contributed by atoms with Crippen LogP contribution in [0.4, 0.5) is 0 Å². The third kappa shape index (κ3) is 2.65. The minimum Gasteiger partial charge on any atom is -0.486 e. The first-order valence-electron chi connectivity index (χ1n) is 7.44. The monoisotopic (exact) mass is 279 g/mol. The number of piperidine rings is 1. The summed E-state index contributed by atoms with van der Waals surface area (Å²) in [5.41, 5.74) is 0.200. The fourth-order valence-corrected chi connectivity index (χ4v) is 3.14. The van der Waals surface area contributed by atoms with E-state index in [1.807, 2.05) is 0 Å². The molecule has 2 N–H and O–H groups in total. The molecule has 0 aromatic carbocycles. The molecule has 2 heterocycles. The van der Waals surface area contributed by atoms with Crippen LogP contribution in [-0.2, 0) is 0 Å². The summed E-state index contributed by atoms with van der Waals surface area (Å²) in [5, 5.41) is 17.0. The van der Waals surface area contributed by atoms with Crippen molar-refractivity contribution < 1.29 is 14.6 Å². The second-order valence-corrected chi connectivity index (χ2v) is 5.63. The summed E-state index contributed by atoms with van der Waals surface area (Å²) >= 11 is 0. The van der Waals surface area contributed by atoms with E-state index in [0.717, 1.165) is 51.6 Å². The normalized spacial score (nSPS) is 23.9. The second kappa shape index (κ2) is 5.83. The van der Waals surface area contributed by atoms with E-state index in [9.17, 15) is 9.90 Å². The maximum atomic E-state index is 11.6. The summed E-state index contributed by atoms with van der Waals surface area (Å²) in [7, 11) is 0. The molecule has 6 nitrogen and oxygen atoms in total. The van der Waals surface area contributed by atoms with Crippen LogP contribution in [0.3, 0.4) is 0 Å². The van der Waals surface area contributed by atoms with Crippen molar-refractivity contribution in [2.75, 3.05) is 13.1 Å². The zero-order valence-corrected chi connectivity index (χ0v) is 11.5. The lowest BCUT2D eigenvalue weighted by atomic mass is 10.1. The van der Waals surface area contributed by atoms with Gasteiger partial charge < -0.3 is 15.2 Å². The molecule has 1 saturated carbocycles. The number of rotatable bonds is 4. The van der Waals surface area contributed by atoms with E-state index in [-0.39, 0.29) is 17.8 Å². The highest BCUT2D eigenvalue weighted by atomic mass is 16.5. The Kier molecular flexibility index (Phi) is 3.91. The van der Waals surface area contributed by atoms with Gasteiger partial charge in [0.25, 0.3) is 0 Å². The number of nitrogens with zero attached hydrogens (tertiary/aromatic N) is 2. The average molecular weight is 279 g/mol. The first-order valence-corrected chi connectivity index (χ1v) is 7.44. The number of carboxylic acids is 1. The molecule has 1 unspecified atom stereocenters. The van der Waals surface area contributed by atoms with Crippen LogP contribution in [0.1, 0.15) is 55.1 Å². The van der Waals surface area contributed by atoms with Crippen molar-refractivity contribution in [3.05, 3.63) is 11.9 Å². The van der Waals surface area contributed by atoms with Crippen molar-refractivity contribution in [1.82, 2.24) is 15.1 Å². The van der Waals surface area contributed by atoms with Gasteiger partial charge in [-0.05, 0) is 45.1 Å². The maximum Gasteiger partial charge on any atom is 0.358 e. The van der Waals surface area contributed by atoms with Crippen LogP contribution in [0.5, 0.6) is 5.75 Å². The van der Waals surface area contributed by atoms with Gasteiger partial charge in [-0.25, -0.2) is 4.79 Å². The predicted molar refractivity (Wildman–Crippen MR) is 73.2 cm³/mol. The number of carboxylic acid groups (broad SMARTS) is 1. The third-order valence-corrected chi connectivity index (χ3v) is 4.18. The quantitative estimate of drug-likeness (QED) is 0.879. The van der Waals surface area contributed by atoms with Gasteiger partial charge in [0.1, 0.15) is 0 Å². The zero-order chi connectivity index (χ0) is 13.9. The molecule has 1 aromatic rings. The Morgan fingerprint density at radius 2 is 2.15 bits per heavy atom. The van der Waals surface area contributed by atoms with Crippen molar-refractivity contribution in [3.8, 4) is 5.75 Å². The van der Waals surface area contributed by atoms with Gasteiger partial charge in [0.2, 0.25) is 0 Å². The van der Waals surface area contributed by atoms with Gasteiger partial charge in [0.05, 0.1) is 18.3 Å². The first kappa shape index (κ1) is 13.4. The van der Waals surface area contributed by atoms with Gasteiger partial charge in [-0.15, -0.1) is 0 Å². The fourth-order valence-electron chi connectivity index (χ4n) is 3.14. The van der Waals surface area contributed by atoms with E-state index < -0.39 is 5.97 Å². The highest BCUT2D eigenvalue weighted by Crippen LogP contribution is 2.29. The molecule has 0 amide bonds. The largest absolute Gasteiger partial charge is 0.486 e. The molecule has 1 saturated heterocycles. The number of hydrogen-bond acceptors (Lipinski definition) is 4. The number of nitrogens with one attached hydrogen (secondary N) is 1. The van der Waals surface area contributed by atoms with E-state index in [4.69, 9.17) is 4.74 Å². The van der Waals surface area contributed by atoms with Gasteiger partial charge in [0, 0.05) is 6.54 Å². The van der Waals surface area contributed by atoms with E-state index in [2.05, 4.69) is 10.4 Å². The highest BCUT2D eigenvalue weighted by Gasteiger charge is 2.27. The van der Waals surface area contributed by atoms with Crippen molar-refractivity contribution >= 4 is 5.97 Å².